The van der Waals surface area contributed by atoms with Crippen molar-refractivity contribution in [3.8, 4) is 5.75 Å². The Labute approximate surface area is 122 Å². The molecule has 20 heavy (non-hydrogen) atoms. The SMILES string of the molecule is O=C(CCCCCCCCC1CC1)Oc1ccccc1. The number of ether oxygens (including phenoxy) is 1. The largest absolute Gasteiger partial charge is 0.427 e. The quantitative estimate of drug-likeness (QED) is 0.336. The van der Waals surface area contributed by atoms with Gasteiger partial charge in [-0.1, -0.05) is 69.6 Å². The molecule has 0 amide bonds. The highest BCUT2D eigenvalue weighted by Gasteiger charge is 2.19. The molecule has 0 N–H and O–H groups in total. The Kier molecular flexibility index (Phi) is 6.62. The average Bonchev–Trinajstić information content (AvgIpc) is 3.27. The van der Waals surface area contributed by atoms with Gasteiger partial charge in [0.1, 0.15) is 5.75 Å². The second-order valence-electron chi connectivity index (χ2n) is 5.89. The molecule has 0 radical (unpaired) electrons. The van der Waals surface area contributed by atoms with Crippen molar-refractivity contribution in [2.24, 2.45) is 5.92 Å². The molecule has 1 aliphatic carbocycles. The van der Waals surface area contributed by atoms with E-state index in [2.05, 4.69) is 0 Å². The number of hydrogen-bond donors (Lipinski definition) is 0. The highest BCUT2D eigenvalue weighted by atomic mass is 16.5. The molecule has 0 saturated heterocycles. The number of carbonyl (C=O) groups is 1. The van der Waals surface area contributed by atoms with Crippen LogP contribution in [0.3, 0.4) is 0 Å². The number of unbranched alkanes of at least 4 members (excludes halogenated alkanes) is 5. The minimum atomic E-state index is -0.107. The summed E-state index contributed by atoms with van der Waals surface area (Å²) in [5.41, 5.74) is 0. The summed E-state index contributed by atoms with van der Waals surface area (Å²) in [5.74, 6) is 1.62. The molecule has 0 aromatic heterocycles. The lowest BCUT2D eigenvalue weighted by Crippen LogP contribution is -2.07. The molecule has 0 heterocycles. The van der Waals surface area contributed by atoms with E-state index in [0.29, 0.717) is 12.2 Å². The lowest BCUT2D eigenvalue weighted by molar-refractivity contribution is -0.134. The van der Waals surface area contributed by atoms with E-state index in [9.17, 15) is 4.79 Å². The van der Waals surface area contributed by atoms with Crippen molar-refractivity contribution < 1.29 is 9.53 Å². The van der Waals surface area contributed by atoms with Crippen LogP contribution in [0.25, 0.3) is 0 Å². The van der Waals surface area contributed by atoms with E-state index in [1.807, 2.05) is 30.3 Å². The van der Waals surface area contributed by atoms with E-state index >= 15 is 0 Å². The highest BCUT2D eigenvalue weighted by Crippen LogP contribution is 2.34. The second-order valence-corrected chi connectivity index (χ2v) is 5.89. The van der Waals surface area contributed by atoms with E-state index in [1.54, 1.807) is 0 Å². The predicted octanol–water partition coefficient (Wildman–Crippen LogP) is 5.12. The molecule has 1 aromatic rings. The van der Waals surface area contributed by atoms with E-state index in [-0.39, 0.29) is 5.97 Å². The maximum absolute atomic E-state index is 11.6. The molecule has 0 unspecified atom stereocenters. The van der Waals surface area contributed by atoms with Crippen LogP contribution in [0.5, 0.6) is 5.75 Å². The molecule has 1 fully saturated rings. The summed E-state index contributed by atoms with van der Waals surface area (Å²) >= 11 is 0. The molecule has 0 aliphatic heterocycles. The molecule has 1 aromatic carbocycles. The van der Waals surface area contributed by atoms with Crippen LogP contribution in [-0.4, -0.2) is 5.97 Å². The van der Waals surface area contributed by atoms with E-state index in [1.165, 1.54) is 44.9 Å². The zero-order chi connectivity index (χ0) is 14.0. The third kappa shape index (κ3) is 6.74. The van der Waals surface area contributed by atoms with Gasteiger partial charge in [0.25, 0.3) is 0 Å². The molecule has 1 aliphatic rings. The van der Waals surface area contributed by atoms with Crippen LogP contribution in [0.4, 0.5) is 0 Å². The van der Waals surface area contributed by atoms with Gasteiger partial charge in [-0.25, -0.2) is 0 Å². The van der Waals surface area contributed by atoms with Crippen LogP contribution in [0, 0.1) is 5.92 Å². The van der Waals surface area contributed by atoms with E-state index in [0.717, 1.165) is 18.8 Å². The molecule has 2 rings (SSSR count). The summed E-state index contributed by atoms with van der Waals surface area (Å²) in [6.07, 6.45) is 12.4. The number of rotatable bonds is 10. The first-order chi connectivity index (χ1) is 9.84. The maximum atomic E-state index is 11.6. The first-order valence-electron chi connectivity index (χ1n) is 8.10. The molecule has 1 saturated carbocycles. The van der Waals surface area contributed by atoms with Crippen molar-refractivity contribution in [2.45, 2.75) is 64.2 Å². The Morgan fingerprint density at radius 2 is 1.60 bits per heavy atom. The fraction of sp³-hybridized carbons (Fsp3) is 0.611. The van der Waals surface area contributed by atoms with E-state index in [4.69, 9.17) is 4.74 Å². The molecule has 0 spiro atoms. The first-order valence-corrected chi connectivity index (χ1v) is 8.10. The Morgan fingerprint density at radius 3 is 2.30 bits per heavy atom. The minimum absolute atomic E-state index is 0.107. The van der Waals surface area contributed by atoms with Gasteiger partial charge in [-0.3, -0.25) is 4.79 Å². The van der Waals surface area contributed by atoms with Crippen LogP contribution >= 0.6 is 0 Å². The van der Waals surface area contributed by atoms with Crippen molar-refractivity contribution >= 4 is 5.97 Å². The van der Waals surface area contributed by atoms with Crippen LogP contribution in [0.1, 0.15) is 64.2 Å². The van der Waals surface area contributed by atoms with Crippen molar-refractivity contribution in [3.05, 3.63) is 30.3 Å². The van der Waals surface area contributed by atoms with Gasteiger partial charge >= 0.3 is 5.97 Å². The summed E-state index contributed by atoms with van der Waals surface area (Å²) in [4.78, 5) is 11.6. The van der Waals surface area contributed by atoms with Crippen LogP contribution < -0.4 is 4.74 Å². The average molecular weight is 274 g/mol. The number of carbonyl (C=O) groups excluding carboxylic acids is 1. The van der Waals surface area contributed by atoms with Crippen LogP contribution in [-0.2, 0) is 4.79 Å². The topological polar surface area (TPSA) is 26.3 Å². The van der Waals surface area contributed by atoms with Gasteiger partial charge in [0.15, 0.2) is 0 Å². The predicted molar refractivity (Wildman–Crippen MR) is 81.7 cm³/mol. The number of benzene rings is 1. The molecular weight excluding hydrogens is 248 g/mol. The number of para-hydroxylation sites is 1. The van der Waals surface area contributed by atoms with Crippen molar-refractivity contribution in [2.75, 3.05) is 0 Å². The van der Waals surface area contributed by atoms with Gasteiger partial charge in [-0.2, -0.15) is 0 Å². The Morgan fingerprint density at radius 1 is 0.950 bits per heavy atom. The molecule has 0 bridgehead atoms. The molecule has 110 valence electrons. The maximum Gasteiger partial charge on any atom is 0.311 e. The normalized spacial score (nSPS) is 14.2. The van der Waals surface area contributed by atoms with Gasteiger partial charge < -0.3 is 4.74 Å². The number of esters is 1. The zero-order valence-corrected chi connectivity index (χ0v) is 12.4. The fourth-order valence-electron chi connectivity index (χ4n) is 2.49. The molecule has 2 nitrogen and oxygen atoms in total. The Balaban J connectivity index is 1.41. The third-order valence-electron chi connectivity index (χ3n) is 3.92. The monoisotopic (exact) mass is 274 g/mol. The summed E-state index contributed by atoms with van der Waals surface area (Å²) in [6.45, 7) is 0. The van der Waals surface area contributed by atoms with Crippen LogP contribution in [0.15, 0.2) is 30.3 Å². The lowest BCUT2D eigenvalue weighted by Gasteiger charge is -2.04. The third-order valence-corrected chi connectivity index (χ3v) is 3.92. The molecular formula is C18H26O2. The summed E-state index contributed by atoms with van der Waals surface area (Å²) in [7, 11) is 0. The summed E-state index contributed by atoms with van der Waals surface area (Å²) in [5, 5.41) is 0. The lowest BCUT2D eigenvalue weighted by atomic mass is 10.1. The van der Waals surface area contributed by atoms with Crippen molar-refractivity contribution in [1.29, 1.82) is 0 Å². The zero-order valence-electron chi connectivity index (χ0n) is 12.4. The highest BCUT2D eigenvalue weighted by molar-refractivity contribution is 5.72. The minimum Gasteiger partial charge on any atom is -0.427 e. The van der Waals surface area contributed by atoms with Gasteiger partial charge in [0.05, 0.1) is 0 Å². The van der Waals surface area contributed by atoms with Crippen molar-refractivity contribution in [3.63, 3.8) is 0 Å². The van der Waals surface area contributed by atoms with Crippen LogP contribution in [0.2, 0.25) is 0 Å². The van der Waals surface area contributed by atoms with E-state index < -0.39 is 0 Å². The molecule has 2 heteroatoms. The van der Waals surface area contributed by atoms with Gasteiger partial charge in [0.2, 0.25) is 0 Å². The van der Waals surface area contributed by atoms with Gasteiger partial charge in [0, 0.05) is 6.42 Å². The number of hydrogen-bond acceptors (Lipinski definition) is 2. The van der Waals surface area contributed by atoms with Crippen molar-refractivity contribution in [1.82, 2.24) is 0 Å². The smallest absolute Gasteiger partial charge is 0.311 e. The first kappa shape index (κ1) is 15.1. The molecule has 0 atom stereocenters. The Bertz CT molecular complexity index is 382. The van der Waals surface area contributed by atoms with Gasteiger partial charge in [-0.15, -0.1) is 0 Å². The standard InChI is InChI=1S/C18H26O2/c19-18(20-17-11-7-5-8-12-17)13-9-4-2-1-3-6-10-16-14-15-16/h5,7-8,11-12,16H,1-4,6,9-10,13-15H2. The fourth-order valence-corrected chi connectivity index (χ4v) is 2.49. The second kappa shape index (κ2) is 8.78. The van der Waals surface area contributed by atoms with Gasteiger partial charge in [-0.05, 0) is 24.5 Å². The summed E-state index contributed by atoms with van der Waals surface area (Å²) < 4.78 is 5.25. The Hall–Kier alpha value is -1.31. The summed E-state index contributed by atoms with van der Waals surface area (Å²) in [6, 6.07) is 9.31.